The number of hydrogen-bond donors (Lipinski definition) is 3. The molecule has 3 N–H and O–H groups in total. The lowest BCUT2D eigenvalue weighted by Gasteiger charge is -2.28. The fourth-order valence-corrected chi connectivity index (χ4v) is 4.47. The summed E-state index contributed by atoms with van der Waals surface area (Å²) in [6.45, 7) is 25.5. The highest BCUT2D eigenvalue weighted by molar-refractivity contribution is 5.76. The number of phenolic OH excluding ortho intramolecular Hbond substituents is 2. The molecular weight excluding hydrogens is 446 g/mol. The average molecular weight is 496 g/mol. The molecule has 0 bridgehead atoms. The van der Waals surface area contributed by atoms with Gasteiger partial charge in [-0.05, 0) is 73.6 Å². The van der Waals surface area contributed by atoms with Gasteiger partial charge < -0.3 is 15.5 Å². The predicted molar refractivity (Wildman–Crippen MR) is 151 cm³/mol. The average Bonchev–Trinajstić information content (AvgIpc) is 2.68. The lowest BCUT2D eigenvalue weighted by molar-refractivity contribution is -0.121. The maximum atomic E-state index is 12.8. The van der Waals surface area contributed by atoms with Crippen molar-refractivity contribution in [2.24, 2.45) is 0 Å². The quantitative estimate of drug-likeness (QED) is 0.401. The van der Waals surface area contributed by atoms with E-state index in [4.69, 9.17) is 0 Å². The van der Waals surface area contributed by atoms with E-state index in [2.05, 4.69) is 88.4 Å². The fourth-order valence-electron chi connectivity index (χ4n) is 4.47. The summed E-state index contributed by atoms with van der Waals surface area (Å²) < 4.78 is 0. The third-order valence-corrected chi connectivity index (χ3v) is 6.70. The van der Waals surface area contributed by atoms with Crippen molar-refractivity contribution in [3.63, 3.8) is 0 Å². The van der Waals surface area contributed by atoms with Gasteiger partial charge in [0.2, 0.25) is 5.91 Å². The molecule has 2 aromatic rings. The van der Waals surface area contributed by atoms with Gasteiger partial charge in [0.25, 0.3) is 0 Å². The third-order valence-electron chi connectivity index (χ3n) is 6.70. The maximum absolute atomic E-state index is 12.8. The number of aromatic hydroxyl groups is 2. The Bertz CT molecular complexity index is 943. The second-order valence-corrected chi connectivity index (χ2v) is 14.4. The fraction of sp³-hybridized carbons (Fsp3) is 0.594. The molecule has 0 heterocycles. The van der Waals surface area contributed by atoms with Crippen LogP contribution in [0.2, 0.25) is 0 Å². The number of carbonyl (C=O) groups is 1. The summed E-state index contributed by atoms with van der Waals surface area (Å²) in [5.41, 5.74) is 4.86. The molecule has 200 valence electrons. The Morgan fingerprint density at radius 3 is 1.22 bits per heavy atom. The SMILES string of the molecule is CC(C)(C)c1cc(CCC(=O)NCc2cc(C(C)(C)C)c(O)c(C(C)(C)C)c2)cc(C(C)(C)C)c1O. The van der Waals surface area contributed by atoms with Crippen LogP contribution in [0.5, 0.6) is 11.5 Å². The molecule has 0 atom stereocenters. The molecule has 0 fully saturated rings. The third kappa shape index (κ3) is 7.27. The van der Waals surface area contributed by atoms with Gasteiger partial charge in [-0.15, -0.1) is 0 Å². The molecule has 1 amide bonds. The van der Waals surface area contributed by atoms with Gasteiger partial charge in [-0.25, -0.2) is 0 Å². The van der Waals surface area contributed by atoms with E-state index in [0.29, 0.717) is 30.9 Å². The summed E-state index contributed by atoms with van der Waals surface area (Å²) in [5, 5.41) is 25.0. The number of amides is 1. The maximum Gasteiger partial charge on any atom is 0.220 e. The highest BCUT2D eigenvalue weighted by Crippen LogP contribution is 2.41. The van der Waals surface area contributed by atoms with Crippen LogP contribution in [0, 0.1) is 0 Å². The highest BCUT2D eigenvalue weighted by atomic mass is 16.3. The molecule has 0 saturated heterocycles. The normalized spacial score (nSPS) is 13.1. The molecule has 0 aliphatic heterocycles. The molecule has 0 aromatic heterocycles. The van der Waals surface area contributed by atoms with E-state index in [9.17, 15) is 15.0 Å². The van der Waals surface area contributed by atoms with Crippen LogP contribution in [0.4, 0.5) is 0 Å². The van der Waals surface area contributed by atoms with Gasteiger partial charge in [-0.3, -0.25) is 4.79 Å². The van der Waals surface area contributed by atoms with E-state index in [-0.39, 0.29) is 27.6 Å². The first-order valence-electron chi connectivity index (χ1n) is 13.1. The molecule has 0 aliphatic rings. The Morgan fingerprint density at radius 1 is 0.611 bits per heavy atom. The smallest absolute Gasteiger partial charge is 0.220 e. The van der Waals surface area contributed by atoms with Crippen LogP contribution in [0.15, 0.2) is 24.3 Å². The minimum atomic E-state index is -0.210. The summed E-state index contributed by atoms with van der Waals surface area (Å²) in [7, 11) is 0. The standard InChI is InChI=1S/C32H49NO3/c1-29(2,3)22-15-20(16-23(27(22)35)30(4,5)6)13-14-26(34)33-19-21-17-24(31(7,8)9)28(36)25(18-21)32(10,11)12/h15-18,35-36H,13-14,19H2,1-12H3,(H,33,34). The predicted octanol–water partition coefficient (Wildman–Crippen LogP) is 7.54. The van der Waals surface area contributed by atoms with Crippen molar-refractivity contribution in [2.45, 2.75) is 124 Å². The van der Waals surface area contributed by atoms with Gasteiger partial charge >= 0.3 is 0 Å². The Morgan fingerprint density at radius 2 is 0.917 bits per heavy atom. The van der Waals surface area contributed by atoms with Crippen molar-refractivity contribution < 1.29 is 15.0 Å². The zero-order chi connectivity index (χ0) is 27.9. The van der Waals surface area contributed by atoms with Gasteiger partial charge in [-0.2, -0.15) is 0 Å². The number of phenols is 2. The van der Waals surface area contributed by atoms with Crippen molar-refractivity contribution >= 4 is 5.91 Å². The van der Waals surface area contributed by atoms with Gasteiger partial charge in [0.05, 0.1) is 0 Å². The molecule has 36 heavy (non-hydrogen) atoms. The Kier molecular flexibility index (Phi) is 8.35. The van der Waals surface area contributed by atoms with Crippen molar-refractivity contribution in [2.75, 3.05) is 0 Å². The monoisotopic (exact) mass is 495 g/mol. The first-order chi connectivity index (χ1) is 16.1. The Balaban J connectivity index is 2.23. The summed E-state index contributed by atoms with van der Waals surface area (Å²) >= 11 is 0. The lowest BCUT2D eigenvalue weighted by Crippen LogP contribution is -2.24. The van der Waals surface area contributed by atoms with E-state index < -0.39 is 0 Å². The lowest BCUT2D eigenvalue weighted by atomic mass is 9.78. The summed E-state index contributed by atoms with van der Waals surface area (Å²) in [4.78, 5) is 12.8. The van der Waals surface area contributed by atoms with Crippen molar-refractivity contribution in [1.82, 2.24) is 5.32 Å². The van der Waals surface area contributed by atoms with Crippen LogP contribution >= 0.6 is 0 Å². The molecule has 0 unspecified atom stereocenters. The van der Waals surface area contributed by atoms with Crippen LogP contribution < -0.4 is 5.32 Å². The zero-order valence-electron chi connectivity index (χ0n) is 24.7. The molecule has 4 nitrogen and oxygen atoms in total. The first kappa shape index (κ1) is 29.7. The largest absolute Gasteiger partial charge is 0.507 e. The molecule has 0 saturated carbocycles. The number of benzene rings is 2. The second-order valence-electron chi connectivity index (χ2n) is 14.4. The summed E-state index contributed by atoms with van der Waals surface area (Å²) in [6.07, 6.45) is 0.975. The second kappa shape index (κ2) is 10.1. The number of hydrogen-bond acceptors (Lipinski definition) is 3. The van der Waals surface area contributed by atoms with E-state index in [1.807, 2.05) is 24.3 Å². The van der Waals surface area contributed by atoms with E-state index in [0.717, 1.165) is 33.4 Å². The van der Waals surface area contributed by atoms with Crippen LogP contribution in [-0.2, 0) is 39.4 Å². The van der Waals surface area contributed by atoms with Crippen LogP contribution in [0.1, 0.15) is 123 Å². The van der Waals surface area contributed by atoms with Crippen LogP contribution in [0.3, 0.4) is 0 Å². The number of rotatable bonds is 5. The topological polar surface area (TPSA) is 69.6 Å². The van der Waals surface area contributed by atoms with Gasteiger partial charge in [0.1, 0.15) is 11.5 Å². The molecule has 0 spiro atoms. The molecular formula is C32H49NO3. The van der Waals surface area contributed by atoms with Crippen LogP contribution in [0.25, 0.3) is 0 Å². The summed E-state index contributed by atoms with van der Waals surface area (Å²) in [6, 6.07) is 8.11. The van der Waals surface area contributed by atoms with Crippen molar-refractivity contribution in [3.8, 4) is 11.5 Å². The van der Waals surface area contributed by atoms with Crippen molar-refractivity contribution in [3.05, 3.63) is 57.6 Å². The molecule has 0 aliphatic carbocycles. The van der Waals surface area contributed by atoms with Gasteiger partial charge in [0, 0.05) is 13.0 Å². The Labute approximate surface area is 219 Å². The van der Waals surface area contributed by atoms with Crippen LogP contribution in [-0.4, -0.2) is 16.1 Å². The molecule has 2 aromatic carbocycles. The Hall–Kier alpha value is -2.49. The minimum absolute atomic E-state index is 0.0135. The highest BCUT2D eigenvalue weighted by Gasteiger charge is 2.28. The van der Waals surface area contributed by atoms with Crippen molar-refractivity contribution in [1.29, 1.82) is 0 Å². The molecule has 4 heteroatoms. The van der Waals surface area contributed by atoms with Gasteiger partial charge in [0.15, 0.2) is 0 Å². The van der Waals surface area contributed by atoms with E-state index in [1.165, 1.54) is 0 Å². The van der Waals surface area contributed by atoms with Gasteiger partial charge in [-0.1, -0.05) is 95.2 Å². The summed E-state index contributed by atoms with van der Waals surface area (Å²) in [5.74, 6) is 0.696. The van der Waals surface area contributed by atoms with E-state index in [1.54, 1.807) is 0 Å². The number of aryl methyl sites for hydroxylation is 1. The molecule has 2 rings (SSSR count). The number of nitrogens with one attached hydrogen (secondary N) is 1. The van der Waals surface area contributed by atoms with E-state index >= 15 is 0 Å². The first-order valence-corrected chi connectivity index (χ1v) is 13.1. The minimum Gasteiger partial charge on any atom is -0.507 e. The zero-order valence-corrected chi connectivity index (χ0v) is 24.7. The molecule has 0 radical (unpaired) electrons. The number of carbonyl (C=O) groups excluding carboxylic acids is 1.